The maximum atomic E-state index is 12.6. The molecule has 0 spiro atoms. The molecule has 1 aromatic carbocycles. The number of ketones is 1. The fraction of sp³-hybridized carbons (Fsp3) is 0.526. The van der Waals surface area contributed by atoms with Gasteiger partial charge in [-0.25, -0.2) is 4.79 Å². The third-order valence-electron chi connectivity index (χ3n) is 4.58. The molecule has 1 amide bonds. The molecule has 0 aliphatic carbocycles. The van der Waals surface area contributed by atoms with E-state index in [1.165, 1.54) is 7.05 Å². The predicted octanol–water partition coefficient (Wildman–Crippen LogP) is 1.36. The molecule has 1 atom stereocenters. The number of Topliss-reactive ketones (excluding diaryl/α,β-unsaturated/α-hetero) is 1. The molecule has 1 aromatic rings. The fourth-order valence-electron chi connectivity index (χ4n) is 2.56. The van der Waals surface area contributed by atoms with Gasteiger partial charge < -0.3 is 33.3 Å². The largest absolute Gasteiger partial charge is 0.454 e. The quantitative estimate of drug-likeness (QED) is 0.339. The van der Waals surface area contributed by atoms with Crippen LogP contribution < -0.4 is 9.47 Å². The first-order valence-electron chi connectivity index (χ1n) is 9.14. The molecule has 0 bridgehead atoms. The zero-order valence-corrected chi connectivity index (χ0v) is 16.3. The van der Waals surface area contributed by atoms with Gasteiger partial charge in [0.15, 0.2) is 17.3 Å². The number of carbonyl (C=O) groups excluding carboxylic acids is 3. The molecular weight excluding hydrogens is 386 g/mol. The van der Waals surface area contributed by atoms with Crippen LogP contribution in [0.25, 0.3) is 0 Å². The summed E-state index contributed by atoms with van der Waals surface area (Å²) < 4.78 is 30.5. The van der Waals surface area contributed by atoms with Crippen molar-refractivity contribution < 1.29 is 42.8 Å². The second-order valence-corrected chi connectivity index (χ2v) is 6.54. The van der Waals surface area contributed by atoms with Crippen LogP contribution in [0.2, 0.25) is 0 Å². The lowest BCUT2D eigenvalue weighted by Crippen LogP contribution is -2.41. The number of rotatable bonds is 9. The zero-order valence-electron chi connectivity index (χ0n) is 16.3. The minimum Gasteiger partial charge on any atom is -0.454 e. The number of nitrogens with zero attached hydrogens (tertiary/aromatic N) is 1. The predicted molar refractivity (Wildman–Crippen MR) is 96.7 cm³/mol. The fourth-order valence-corrected chi connectivity index (χ4v) is 2.56. The van der Waals surface area contributed by atoms with Gasteiger partial charge in [0.1, 0.15) is 6.10 Å². The summed E-state index contributed by atoms with van der Waals surface area (Å²) in [5.74, 6) is 0.200. The van der Waals surface area contributed by atoms with Gasteiger partial charge in [0, 0.05) is 12.6 Å². The lowest BCUT2D eigenvalue weighted by Gasteiger charge is -2.25. The zero-order chi connectivity index (χ0) is 20.8. The lowest BCUT2D eigenvalue weighted by atomic mass is 10.0. The Morgan fingerprint density at radius 1 is 1.17 bits per heavy atom. The minimum atomic E-state index is -0.795. The Bertz CT molecular complexity index is 762. The standard InChI is InChI=1S/C19H23NO9/c1-12(18(22)13-3-4-15-16(7-13)27-10-26-15)20(2)19(23)29-11-28-17(21)5-6-25-14-8-24-9-14/h3-4,7,12,14H,5-6,8-11H2,1-2H3. The molecule has 158 valence electrons. The number of fused-ring (bicyclic) bond motifs is 1. The highest BCUT2D eigenvalue weighted by atomic mass is 16.7. The van der Waals surface area contributed by atoms with Crippen molar-refractivity contribution in [3.63, 3.8) is 0 Å². The van der Waals surface area contributed by atoms with Crippen LogP contribution in [0, 0.1) is 0 Å². The van der Waals surface area contributed by atoms with Crippen LogP contribution in [0.4, 0.5) is 4.79 Å². The van der Waals surface area contributed by atoms with E-state index < -0.39 is 24.9 Å². The van der Waals surface area contributed by atoms with Crippen molar-refractivity contribution in [3.8, 4) is 11.5 Å². The molecule has 0 aromatic heterocycles. The Morgan fingerprint density at radius 2 is 1.93 bits per heavy atom. The first kappa shape index (κ1) is 20.9. The molecule has 10 nitrogen and oxygen atoms in total. The van der Waals surface area contributed by atoms with Crippen LogP contribution in [0.1, 0.15) is 23.7 Å². The Labute approximate surface area is 167 Å². The summed E-state index contributed by atoms with van der Waals surface area (Å²) in [4.78, 5) is 37.5. The van der Waals surface area contributed by atoms with E-state index >= 15 is 0 Å². The van der Waals surface area contributed by atoms with E-state index in [1.807, 2.05) is 0 Å². The van der Waals surface area contributed by atoms with Crippen molar-refractivity contribution in [2.24, 2.45) is 0 Å². The average molecular weight is 409 g/mol. The van der Waals surface area contributed by atoms with Crippen LogP contribution in [0.3, 0.4) is 0 Å². The van der Waals surface area contributed by atoms with E-state index in [2.05, 4.69) is 0 Å². The van der Waals surface area contributed by atoms with E-state index in [-0.39, 0.29) is 31.7 Å². The summed E-state index contributed by atoms with van der Waals surface area (Å²) in [6, 6.07) is 4.02. The highest BCUT2D eigenvalue weighted by Crippen LogP contribution is 2.33. The molecule has 0 N–H and O–H groups in total. The summed E-state index contributed by atoms with van der Waals surface area (Å²) in [6.07, 6.45) is -0.719. The van der Waals surface area contributed by atoms with Crippen LogP contribution in [-0.4, -0.2) is 75.3 Å². The van der Waals surface area contributed by atoms with Gasteiger partial charge in [0.2, 0.25) is 13.6 Å². The van der Waals surface area contributed by atoms with Crippen molar-refractivity contribution in [1.82, 2.24) is 4.90 Å². The monoisotopic (exact) mass is 409 g/mol. The van der Waals surface area contributed by atoms with Crippen molar-refractivity contribution in [1.29, 1.82) is 0 Å². The topological polar surface area (TPSA) is 110 Å². The van der Waals surface area contributed by atoms with Crippen molar-refractivity contribution in [3.05, 3.63) is 23.8 Å². The molecule has 2 aliphatic rings. The normalized spacial score (nSPS) is 15.9. The Morgan fingerprint density at radius 3 is 2.66 bits per heavy atom. The lowest BCUT2D eigenvalue weighted by molar-refractivity contribution is -0.159. The minimum absolute atomic E-state index is 0.0260. The summed E-state index contributed by atoms with van der Waals surface area (Å²) in [7, 11) is 1.42. The van der Waals surface area contributed by atoms with Gasteiger partial charge in [-0.2, -0.15) is 0 Å². The third kappa shape index (κ3) is 5.36. The molecule has 0 saturated carbocycles. The van der Waals surface area contributed by atoms with E-state index in [0.717, 1.165) is 4.90 Å². The van der Waals surface area contributed by atoms with E-state index in [4.69, 9.17) is 28.4 Å². The number of esters is 1. The maximum Gasteiger partial charge on any atom is 0.413 e. The number of hydrogen-bond acceptors (Lipinski definition) is 9. The van der Waals surface area contributed by atoms with E-state index in [9.17, 15) is 14.4 Å². The molecule has 10 heteroatoms. The first-order valence-corrected chi connectivity index (χ1v) is 9.14. The molecule has 29 heavy (non-hydrogen) atoms. The van der Waals surface area contributed by atoms with Gasteiger partial charge in [-0.3, -0.25) is 9.59 Å². The van der Waals surface area contributed by atoms with Crippen molar-refractivity contribution >= 4 is 17.8 Å². The van der Waals surface area contributed by atoms with Gasteiger partial charge in [-0.15, -0.1) is 0 Å². The molecule has 0 radical (unpaired) electrons. The van der Waals surface area contributed by atoms with Crippen LogP contribution in [0.15, 0.2) is 18.2 Å². The molecule has 2 aliphatic heterocycles. The van der Waals surface area contributed by atoms with Crippen LogP contribution >= 0.6 is 0 Å². The average Bonchev–Trinajstić information content (AvgIpc) is 3.15. The highest BCUT2D eigenvalue weighted by molar-refractivity contribution is 6.01. The van der Waals surface area contributed by atoms with Crippen molar-refractivity contribution in [2.75, 3.05) is 40.5 Å². The van der Waals surface area contributed by atoms with Gasteiger partial charge >= 0.3 is 12.1 Å². The summed E-state index contributed by atoms with van der Waals surface area (Å²) in [5, 5.41) is 0. The molecule has 3 rings (SSSR count). The first-order chi connectivity index (χ1) is 14.0. The molecule has 1 saturated heterocycles. The van der Waals surface area contributed by atoms with Crippen molar-refractivity contribution in [2.45, 2.75) is 25.5 Å². The summed E-state index contributed by atoms with van der Waals surface area (Å²) in [6.45, 7) is 2.40. The third-order valence-corrected chi connectivity index (χ3v) is 4.58. The number of carbonyl (C=O) groups is 3. The molecular formula is C19H23NO9. The Balaban J connectivity index is 1.39. The van der Waals surface area contributed by atoms with Gasteiger partial charge in [-0.1, -0.05) is 0 Å². The van der Waals surface area contributed by atoms with Gasteiger partial charge in [0.05, 0.1) is 32.3 Å². The number of benzene rings is 1. The Kier molecular flexibility index (Phi) is 6.89. The van der Waals surface area contributed by atoms with Crippen LogP contribution in [-0.2, 0) is 23.7 Å². The molecule has 1 fully saturated rings. The molecule has 1 unspecified atom stereocenters. The second kappa shape index (κ2) is 9.57. The number of hydrogen-bond donors (Lipinski definition) is 0. The SMILES string of the molecule is CC(C(=O)c1ccc2c(c1)OCO2)N(C)C(=O)OCOC(=O)CCOC1COC1. The maximum absolute atomic E-state index is 12.6. The van der Waals surface area contributed by atoms with Gasteiger partial charge in [-0.05, 0) is 25.1 Å². The number of amides is 1. The smallest absolute Gasteiger partial charge is 0.413 e. The van der Waals surface area contributed by atoms with E-state index in [1.54, 1.807) is 25.1 Å². The van der Waals surface area contributed by atoms with Crippen LogP contribution in [0.5, 0.6) is 11.5 Å². The number of likely N-dealkylation sites (N-methyl/N-ethyl adjacent to an activating group) is 1. The highest BCUT2D eigenvalue weighted by Gasteiger charge is 2.26. The molecule has 2 heterocycles. The van der Waals surface area contributed by atoms with E-state index in [0.29, 0.717) is 30.3 Å². The summed E-state index contributed by atoms with van der Waals surface area (Å²) >= 11 is 0. The Hall–Kier alpha value is -2.85. The summed E-state index contributed by atoms with van der Waals surface area (Å²) in [5.41, 5.74) is 0.379. The second-order valence-electron chi connectivity index (χ2n) is 6.54. The van der Waals surface area contributed by atoms with Gasteiger partial charge in [0.25, 0.3) is 0 Å². The number of ether oxygens (including phenoxy) is 6.